The van der Waals surface area contributed by atoms with Crippen molar-refractivity contribution in [2.75, 3.05) is 29.9 Å². The monoisotopic (exact) mass is 297 g/mol. The summed E-state index contributed by atoms with van der Waals surface area (Å²) in [5, 5.41) is 3.51. The molecule has 0 saturated carbocycles. The van der Waals surface area contributed by atoms with Crippen LogP contribution in [0.5, 0.6) is 0 Å². The molecular weight excluding hydrogens is 278 g/mol. The highest BCUT2D eigenvalue weighted by molar-refractivity contribution is 5.42. The first-order chi connectivity index (χ1) is 10.8. The SMILES string of the molecule is c1cncc(NC2COC3(CCN(c4ccncn4)C3)C2)c1. The molecule has 1 spiro atoms. The Balaban J connectivity index is 1.40. The first kappa shape index (κ1) is 13.5. The molecule has 2 aliphatic heterocycles. The van der Waals surface area contributed by atoms with Crippen molar-refractivity contribution in [3.8, 4) is 0 Å². The van der Waals surface area contributed by atoms with E-state index in [0.29, 0.717) is 6.04 Å². The van der Waals surface area contributed by atoms with E-state index in [1.54, 1.807) is 18.7 Å². The molecule has 4 rings (SSSR count). The topological polar surface area (TPSA) is 63.2 Å². The zero-order valence-electron chi connectivity index (χ0n) is 12.4. The fourth-order valence-electron chi connectivity index (χ4n) is 3.42. The minimum Gasteiger partial charge on any atom is -0.379 e. The van der Waals surface area contributed by atoms with Crippen LogP contribution in [0.15, 0.2) is 43.1 Å². The number of hydrogen-bond donors (Lipinski definition) is 1. The zero-order chi connectivity index (χ0) is 14.8. The Bertz CT molecular complexity index is 623. The van der Waals surface area contributed by atoms with Crippen molar-refractivity contribution in [1.82, 2.24) is 15.0 Å². The van der Waals surface area contributed by atoms with Crippen LogP contribution < -0.4 is 10.2 Å². The molecule has 0 aromatic carbocycles. The highest BCUT2D eigenvalue weighted by Crippen LogP contribution is 2.37. The van der Waals surface area contributed by atoms with Crippen molar-refractivity contribution in [1.29, 1.82) is 0 Å². The van der Waals surface area contributed by atoms with Gasteiger partial charge in [0.05, 0.1) is 23.9 Å². The second kappa shape index (κ2) is 5.53. The number of pyridine rings is 1. The standard InChI is InChI=1S/C16H19N5O/c1-2-13(9-17-5-1)20-14-8-16(22-10-14)4-7-21(11-16)15-3-6-18-12-19-15/h1-3,5-6,9,12,14,20H,4,7-8,10-11H2. The molecule has 22 heavy (non-hydrogen) atoms. The van der Waals surface area contributed by atoms with Gasteiger partial charge in [0.15, 0.2) is 0 Å². The molecule has 4 heterocycles. The molecule has 0 aliphatic carbocycles. The molecular formula is C16H19N5O. The van der Waals surface area contributed by atoms with E-state index < -0.39 is 0 Å². The number of ether oxygens (including phenoxy) is 1. The minimum atomic E-state index is -0.0508. The van der Waals surface area contributed by atoms with E-state index in [2.05, 4.69) is 25.2 Å². The van der Waals surface area contributed by atoms with Crippen molar-refractivity contribution in [3.63, 3.8) is 0 Å². The van der Waals surface area contributed by atoms with Crippen molar-refractivity contribution >= 4 is 11.5 Å². The summed E-state index contributed by atoms with van der Waals surface area (Å²) in [6, 6.07) is 6.29. The third-order valence-corrected chi connectivity index (χ3v) is 4.45. The molecule has 2 aromatic heterocycles. The maximum Gasteiger partial charge on any atom is 0.131 e. The molecule has 114 valence electrons. The van der Waals surface area contributed by atoms with Crippen molar-refractivity contribution < 1.29 is 4.74 Å². The van der Waals surface area contributed by atoms with Gasteiger partial charge < -0.3 is 15.0 Å². The van der Waals surface area contributed by atoms with Crippen LogP contribution in [0.2, 0.25) is 0 Å². The van der Waals surface area contributed by atoms with Crippen molar-refractivity contribution in [3.05, 3.63) is 43.1 Å². The summed E-state index contributed by atoms with van der Waals surface area (Å²) in [5.41, 5.74) is 1.00. The minimum absolute atomic E-state index is 0.0508. The Labute approximate surface area is 129 Å². The maximum absolute atomic E-state index is 6.17. The van der Waals surface area contributed by atoms with Crippen LogP contribution in [0.3, 0.4) is 0 Å². The number of rotatable bonds is 3. The van der Waals surface area contributed by atoms with Gasteiger partial charge in [-0.3, -0.25) is 4.98 Å². The van der Waals surface area contributed by atoms with Crippen LogP contribution in [-0.4, -0.2) is 46.3 Å². The Morgan fingerprint density at radius 1 is 1.27 bits per heavy atom. The van der Waals surface area contributed by atoms with Gasteiger partial charge in [-0.05, 0) is 24.6 Å². The Morgan fingerprint density at radius 3 is 3.09 bits per heavy atom. The smallest absolute Gasteiger partial charge is 0.131 e. The molecule has 2 aliphatic rings. The molecule has 2 atom stereocenters. The lowest BCUT2D eigenvalue weighted by Gasteiger charge is -2.23. The lowest BCUT2D eigenvalue weighted by Crippen LogP contribution is -2.33. The van der Waals surface area contributed by atoms with Gasteiger partial charge in [0.1, 0.15) is 12.1 Å². The number of nitrogens with zero attached hydrogens (tertiary/aromatic N) is 4. The third kappa shape index (κ3) is 2.62. The Hall–Kier alpha value is -2.21. The average molecular weight is 297 g/mol. The van der Waals surface area contributed by atoms with E-state index in [-0.39, 0.29) is 5.60 Å². The maximum atomic E-state index is 6.17. The predicted molar refractivity (Wildman–Crippen MR) is 83.8 cm³/mol. The molecule has 2 aromatic rings. The summed E-state index contributed by atoms with van der Waals surface area (Å²) in [6.07, 6.45) is 9.09. The normalized spacial score (nSPS) is 27.5. The second-order valence-corrected chi connectivity index (χ2v) is 6.02. The largest absolute Gasteiger partial charge is 0.379 e. The second-order valence-electron chi connectivity index (χ2n) is 6.02. The summed E-state index contributed by atoms with van der Waals surface area (Å²) in [7, 11) is 0. The van der Waals surface area contributed by atoms with Crippen molar-refractivity contribution in [2.24, 2.45) is 0 Å². The first-order valence-corrected chi connectivity index (χ1v) is 7.65. The van der Waals surface area contributed by atoms with E-state index in [1.807, 2.05) is 24.4 Å². The van der Waals surface area contributed by atoms with E-state index in [1.165, 1.54) is 0 Å². The van der Waals surface area contributed by atoms with Crippen LogP contribution in [0, 0.1) is 0 Å². The van der Waals surface area contributed by atoms with Gasteiger partial charge in [-0.15, -0.1) is 0 Å². The van der Waals surface area contributed by atoms with Gasteiger partial charge in [0, 0.05) is 38.1 Å². The van der Waals surface area contributed by atoms with Crippen molar-refractivity contribution in [2.45, 2.75) is 24.5 Å². The number of anilines is 2. The van der Waals surface area contributed by atoms with Crippen LogP contribution in [0.25, 0.3) is 0 Å². The third-order valence-electron chi connectivity index (χ3n) is 4.45. The van der Waals surface area contributed by atoms with Gasteiger partial charge >= 0.3 is 0 Å². The molecule has 0 amide bonds. The van der Waals surface area contributed by atoms with E-state index >= 15 is 0 Å². The molecule has 6 nitrogen and oxygen atoms in total. The van der Waals surface area contributed by atoms with Crippen LogP contribution in [-0.2, 0) is 4.74 Å². The molecule has 1 N–H and O–H groups in total. The zero-order valence-corrected chi connectivity index (χ0v) is 12.4. The van der Waals surface area contributed by atoms with Crippen LogP contribution >= 0.6 is 0 Å². The highest BCUT2D eigenvalue weighted by atomic mass is 16.5. The van der Waals surface area contributed by atoms with Gasteiger partial charge in [-0.25, -0.2) is 9.97 Å². The fourth-order valence-corrected chi connectivity index (χ4v) is 3.42. The van der Waals surface area contributed by atoms with Gasteiger partial charge in [-0.1, -0.05) is 0 Å². The summed E-state index contributed by atoms with van der Waals surface area (Å²) in [4.78, 5) is 14.7. The van der Waals surface area contributed by atoms with E-state index in [4.69, 9.17) is 4.74 Å². The van der Waals surface area contributed by atoms with E-state index in [9.17, 15) is 0 Å². The van der Waals surface area contributed by atoms with Gasteiger partial charge in [0.25, 0.3) is 0 Å². The average Bonchev–Trinajstić information content (AvgIpc) is 3.17. The molecule has 2 unspecified atom stereocenters. The van der Waals surface area contributed by atoms with Gasteiger partial charge in [-0.2, -0.15) is 0 Å². The quantitative estimate of drug-likeness (QED) is 0.931. The lowest BCUT2D eigenvalue weighted by atomic mass is 9.97. The summed E-state index contributed by atoms with van der Waals surface area (Å²) in [6.45, 7) is 2.62. The first-order valence-electron chi connectivity index (χ1n) is 7.65. The van der Waals surface area contributed by atoms with E-state index in [0.717, 1.165) is 44.0 Å². The highest BCUT2D eigenvalue weighted by Gasteiger charge is 2.45. The molecule has 0 radical (unpaired) electrons. The predicted octanol–water partition coefficient (Wildman–Crippen LogP) is 1.72. The Kier molecular flexibility index (Phi) is 3.38. The van der Waals surface area contributed by atoms with Gasteiger partial charge in [0.2, 0.25) is 0 Å². The molecule has 6 heteroatoms. The molecule has 0 bridgehead atoms. The van der Waals surface area contributed by atoms with Crippen LogP contribution in [0.1, 0.15) is 12.8 Å². The summed E-state index contributed by atoms with van der Waals surface area (Å²) in [5.74, 6) is 0.985. The number of aromatic nitrogens is 3. The fraction of sp³-hybridized carbons (Fsp3) is 0.438. The molecule has 2 fully saturated rings. The summed E-state index contributed by atoms with van der Waals surface area (Å²) < 4.78 is 6.17. The number of hydrogen-bond acceptors (Lipinski definition) is 6. The van der Waals surface area contributed by atoms with Crippen LogP contribution in [0.4, 0.5) is 11.5 Å². The lowest BCUT2D eigenvalue weighted by molar-refractivity contribution is 0.0229. The number of nitrogens with one attached hydrogen (secondary N) is 1. The molecule has 2 saturated heterocycles. The Morgan fingerprint density at radius 2 is 2.27 bits per heavy atom. The summed E-state index contributed by atoms with van der Waals surface area (Å²) >= 11 is 0.